The highest BCUT2D eigenvalue weighted by molar-refractivity contribution is 5.69. The van der Waals surface area contributed by atoms with Crippen molar-refractivity contribution in [3.05, 3.63) is 0 Å². The van der Waals surface area contributed by atoms with Gasteiger partial charge in [0.25, 0.3) is 0 Å². The van der Waals surface area contributed by atoms with E-state index in [-0.39, 0.29) is 5.97 Å². The number of methoxy groups -OCH3 is 1. The first-order chi connectivity index (χ1) is 6.98. The SMILES string of the molecule is COC(=O)CC(CN)C1CCC(C)(C)C1. The van der Waals surface area contributed by atoms with Crippen molar-refractivity contribution in [1.82, 2.24) is 0 Å². The van der Waals surface area contributed by atoms with E-state index >= 15 is 0 Å². The van der Waals surface area contributed by atoms with Gasteiger partial charge >= 0.3 is 5.97 Å². The first-order valence-corrected chi connectivity index (χ1v) is 5.75. The molecule has 0 heterocycles. The molecule has 15 heavy (non-hydrogen) atoms. The molecule has 1 aliphatic carbocycles. The van der Waals surface area contributed by atoms with Crippen molar-refractivity contribution in [2.75, 3.05) is 13.7 Å². The zero-order valence-corrected chi connectivity index (χ0v) is 10.1. The molecule has 0 bridgehead atoms. The Morgan fingerprint density at radius 3 is 2.67 bits per heavy atom. The molecule has 1 fully saturated rings. The molecule has 2 atom stereocenters. The Labute approximate surface area is 92.4 Å². The average molecular weight is 213 g/mol. The van der Waals surface area contributed by atoms with Gasteiger partial charge in [0.15, 0.2) is 0 Å². The predicted molar refractivity (Wildman–Crippen MR) is 60.3 cm³/mol. The standard InChI is InChI=1S/C12H23NO2/c1-12(2)5-4-9(7-12)10(8-13)6-11(14)15-3/h9-10H,4-8,13H2,1-3H3. The molecule has 0 saturated heterocycles. The van der Waals surface area contributed by atoms with Gasteiger partial charge in [0, 0.05) is 6.42 Å². The second-order valence-corrected chi connectivity index (χ2v) is 5.44. The quantitative estimate of drug-likeness (QED) is 0.726. The highest BCUT2D eigenvalue weighted by Crippen LogP contribution is 2.44. The van der Waals surface area contributed by atoms with E-state index in [4.69, 9.17) is 10.5 Å². The van der Waals surface area contributed by atoms with Crippen molar-refractivity contribution in [3.63, 3.8) is 0 Å². The van der Waals surface area contributed by atoms with E-state index in [0.29, 0.717) is 30.2 Å². The lowest BCUT2D eigenvalue weighted by molar-refractivity contribution is -0.142. The lowest BCUT2D eigenvalue weighted by atomic mass is 9.84. The smallest absolute Gasteiger partial charge is 0.305 e. The minimum Gasteiger partial charge on any atom is -0.469 e. The minimum absolute atomic E-state index is 0.129. The Bertz CT molecular complexity index is 226. The zero-order chi connectivity index (χ0) is 11.5. The first-order valence-electron chi connectivity index (χ1n) is 5.75. The Hall–Kier alpha value is -0.570. The number of carbonyl (C=O) groups excluding carboxylic acids is 1. The number of carbonyl (C=O) groups is 1. The summed E-state index contributed by atoms with van der Waals surface area (Å²) in [4.78, 5) is 11.2. The van der Waals surface area contributed by atoms with Gasteiger partial charge in [0.2, 0.25) is 0 Å². The summed E-state index contributed by atoms with van der Waals surface area (Å²) in [5, 5.41) is 0. The van der Waals surface area contributed by atoms with Crippen LogP contribution in [0.2, 0.25) is 0 Å². The largest absolute Gasteiger partial charge is 0.469 e. The Morgan fingerprint density at radius 2 is 2.27 bits per heavy atom. The normalized spacial score (nSPS) is 26.3. The van der Waals surface area contributed by atoms with E-state index in [0.717, 1.165) is 0 Å². The van der Waals surface area contributed by atoms with Gasteiger partial charge in [-0.05, 0) is 43.1 Å². The fourth-order valence-corrected chi connectivity index (χ4v) is 2.63. The van der Waals surface area contributed by atoms with Gasteiger partial charge in [0.05, 0.1) is 7.11 Å². The highest BCUT2D eigenvalue weighted by Gasteiger charge is 2.35. The second-order valence-electron chi connectivity index (χ2n) is 5.44. The number of nitrogens with two attached hydrogens (primary N) is 1. The minimum atomic E-state index is -0.129. The van der Waals surface area contributed by atoms with Gasteiger partial charge in [-0.25, -0.2) is 0 Å². The molecule has 2 unspecified atom stereocenters. The molecule has 3 heteroatoms. The van der Waals surface area contributed by atoms with Gasteiger partial charge in [0.1, 0.15) is 0 Å². The molecule has 0 aliphatic heterocycles. The summed E-state index contributed by atoms with van der Waals surface area (Å²) < 4.78 is 4.70. The second kappa shape index (κ2) is 4.97. The highest BCUT2D eigenvalue weighted by atomic mass is 16.5. The van der Waals surface area contributed by atoms with Crippen LogP contribution in [0.4, 0.5) is 0 Å². The monoisotopic (exact) mass is 213 g/mol. The average Bonchev–Trinajstić information content (AvgIpc) is 2.54. The fourth-order valence-electron chi connectivity index (χ4n) is 2.63. The molecule has 0 spiro atoms. The van der Waals surface area contributed by atoms with Crippen LogP contribution in [0.3, 0.4) is 0 Å². The van der Waals surface area contributed by atoms with Crippen LogP contribution in [0.5, 0.6) is 0 Å². The topological polar surface area (TPSA) is 52.3 Å². The predicted octanol–water partition coefficient (Wildman–Crippen LogP) is 1.95. The maximum atomic E-state index is 11.2. The van der Waals surface area contributed by atoms with Crippen LogP contribution in [0, 0.1) is 17.3 Å². The van der Waals surface area contributed by atoms with Crippen LogP contribution in [0.1, 0.15) is 39.5 Å². The molecule has 0 aromatic rings. The van der Waals surface area contributed by atoms with Crippen LogP contribution in [0.25, 0.3) is 0 Å². The van der Waals surface area contributed by atoms with Crippen LogP contribution in [0.15, 0.2) is 0 Å². The molecular formula is C12H23NO2. The number of ether oxygens (including phenoxy) is 1. The van der Waals surface area contributed by atoms with Gasteiger partial charge in [-0.15, -0.1) is 0 Å². The maximum Gasteiger partial charge on any atom is 0.305 e. The summed E-state index contributed by atoms with van der Waals surface area (Å²) in [5.41, 5.74) is 6.16. The van der Waals surface area contributed by atoms with Crippen molar-refractivity contribution < 1.29 is 9.53 Å². The number of hydrogen-bond acceptors (Lipinski definition) is 3. The van der Waals surface area contributed by atoms with E-state index in [1.165, 1.54) is 26.4 Å². The molecule has 1 saturated carbocycles. The number of hydrogen-bond donors (Lipinski definition) is 1. The van der Waals surface area contributed by atoms with Crippen LogP contribution >= 0.6 is 0 Å². The van der Waals surface area contributed by atoms with E-state index in [1.807, 2.05) is 0 Å². The Balaban J connectivity index is 2.49. The van der Waals surface area contributed by atoms with Gasteiger partial charge in [-0.3, -0.25) is 4.79 Å². The van der Waals surface area contributed by atoms with E-state index in [2.05, 4.69) is 13.8 Å². The molecule has 0 amide bonds. The molecule has 88 valence electrons. The fraction of sp³-hybridized carbons (Fsp3) is 0.917. The van der Waals surface area contributed by atoms with Crippen molar-refractivity contribution in [1.29, 1.82) is 0 Å². The summed E-state index contributed by atoms with van der Waals surface area (Å²) in [6, 6.07) is 0. The molecule has 3 nitrogen and oxygen atoms in total. The number of rotatable bonds is 4. The Morgan fingerprint density at radius 1 is 1.60 bits per heavy atom. The molecule has 1 aliphatic rings. The molecule has 0 aromatic heterocycles. The molecule has 2 N–H and O–H groups in total. The van der Waals surface area contributed by atoms with Gasteiger partial charge in [-0.1, -0.05) is 13.8 Å². The van der Waals surface area contributed by atoms with Gasteiger partial charge in [-0.2, -0.15) is 0 Å². The van der Waals surface area contributed by atoms with Crippen LogP contribution < -0.4 is 5.73 Å². The molecule has 0 aromatic carbocycles. The van der Waals surface area contributed by atoms with E-state index < -0.39 is 0 Å². The molecular weight excluding hydrogens is 190 g/mol. The first kappa shape index (κ1) is 12.5. The van der Waals surface area contributed by atoms with E-state index in [1.54, 1.807) is 0 Å². The third-order valence-electron chi connectivity index (χ3n) is 3.63. The lowest BCUT2D eigenvalue weighted by Crippen LogP contribution is -2.25. The summed E-state index contributed by atoms with van der Waals surface area (Å²) >= 11 is 0. The van der Waals surface area contributed by atoms with Crippen molar-refractivity contribution in [2.45, 2.75) is 39.5 Å². The zero-order valence-electron chi connectivity index (χ0n) is 10.1. The van der Waals surface area contributed by atoms with Gasteiger partial charge < -0.3 is 10.5 Å². The van der Waals surface area contributed by atoms with Crippen molar-refractivity contribution in [2.24, 2.45) is 23.0 Å². The summed E-state index contributed by atoms with van der Waals surface area (Å²) in [7, 11) is 1.44. The summed E-state index contributed by atoms with van der Waals surface area (Å²) in [5.74, 6) is 0.776. The van der Waals surface area contributed by atoms with Crippen molar-refractivity contribution in [3.8, 4) is 0 Å². The Kier molecular flexibility index (Phi) is 4.14. The third kappa shape index (κ3) is 3.49. The number of esters is 1. The molecule has 1 rings (SSSR count). The summed E-state index contributed by atoms with van der Waals surface area (Å²) in [6.07, 6.45) is 4.11. The van der Waals surface area contributed by atoms with E-state index in [9.17, 15) is 4.79 Å². The van der Waals surface area contributed by atoms with Crippen LogP contribution in [-0.4, -0.2) is 19.6 Å². The summed E-state index contributed by atoms with van der Waals surface area (Å²) in [6.45, 7) is 5.17. The maximum absolute atomic E-state index is 11.2. The lowest BCUT2D eigenvalue weighted by Gasteiger charge is -2.23. The molecule has 0 radical (unpaired) electrons. The van der Waals surface area contributed by atoms with Crippen molar-refractivity contribution >= 4 is 5.97 Å². The third-order valence-corrected chi connectivity index (χ3v) is 3.63. The van der Waals surface area contributed by atoms with Crippen LogP contribution in [-0.2, 0) is 9.53 Å².